The van der Waals surface area contributed by atoms with Gasteiger partial charge in [-0.15, -0.1) is 0 Å². The summed E-state index contributed by atoms with van der Waals surface area (Å²) in [6.07, 6.45) is 9.84. The van der Waals surface area contributed by atoms with Crippen LogP contribution in [0, 0.1) is 0 Å². The molecule has 0 radical (unpaired) electrons. The lowest BCUT2D eigenvalue weighted by atomic mass is 10.0. The molecule has 28 heavy (non-hydrogen) atoms. The van der Waals surface area contributed by atoms with Gasteiger partial charge in [0.25, 0.3) is 0 Å². The number of hydrogen-bond acceptors (Lipinski definition) is 1. The van der Waals surface area contributed by atoms with Crippen molar-refractivity contribution in [3.8, 4) is 11.3 Å². The van der Waals surface area contributed by atoms with Crippen molar-refractivity contribution in [2.75, 3.05) is 0 Å². The van der Waals surface area contributed by atoms with Crippen molar-refractivity contribution in [1.29, 1.82) is 0 Å². The molecule has 6 rings (SSSR count). The second-order valence-electron chi connectivity index (χ2n) is 7.35. The Morgan fingerprint density at radius 3 is 2.54 bits per heavy atom. The number of benzene rings is 3. The smallest absolute Gasteiger partial charge is 0.1000 e. The molecule has 2 heterocycles. The first-order valence-corrected chi connectivity index (χ1v) is 9.70. The first-order valence-electron chi connectivity index (χ1n) is 9.70. The van der Waals surface area contributed by atoms with Gasteiger partial charge in [0, 0.05) is 27.2 Å². The highest BCUT2D eigenvalue weighted by atomic mass is 15.1. The molecule has 0 bridgehead atoms. The Kier molecular flexibility index (Phi) is 3.29. The van der Waals surface area contributed by atoms with Gasteiger partial charge in [0.2, 0.25) is 0 Å². The zero-order chi connectivity index (χ0) is 18.5. The highest BCUT2D eigenvalue weighted by Crippen LogP contribution is 2.37. The van der Waals surface area contributed by atoms with Crippen molar-refractivity contribution < 1.29 is 0 Å². The Hall–Kier alpha value is -3.59. The predicted molar refractivity (Wildman–Crippen MR) is 116 cm³/mol. The number of para-hydroxylation sites is 2. The number of nitrogens with one attached hydrogen (secondary N) is 1. The van der Waals surface area contributed by atoms with E-state index in [-0.39, 0.29) is 0 Å². The number of allylic oxidation sites excluding steroid dienone is 4. The highest BCUT2D eigenvalue weighted by Gasteiger charge is 2.18. The molecule has 1 unspecified atom stereocenters. The van der Waals surface area contributed by atoms with Crippen LogP contribution in [0.3, 0.4) is 0 Å². The molecular weight excluding hydrogens is 342 g/mol. The van der Waals surface area contributed by atoms with Crippen LogP contribution in [-0.2, 0) is 0 Å². The molecule has 0 amide bonds. The third-order valence-corrected chi connectivity index (χ3v) is 5.74. The summed E-state index contributed by atoms with van der Waals surface area (Å²) < 4.78 is 2.48. The maximum Gasteiger partial charge on any atom is 0.1000 e. The van der Waals surface area contributed by atoms with Gasteiger partial charge in [-0.1, -0.05) is 72.8 Å². The number of aromatic nitrogens is 3. The zero-order valence-electron chi connectivity index (χ0n) is 15.3. The Morgan fingerprint density at radius 1 is 0.821 bits per heavy atom. The van der Waals surface area contributed by atoms with Crippen LogP contribution < -0.4 is 0 Å². The molecule has 3 heteroatoms. The number of H-pyrrole nitrogens is 1. The van der Waals surface area contributed by atoms with Crippen molar-refractivity contribution in [3.05, 3.63) is 91.0 Å². The lowest BCUT2D eigenvalue weighted by molar-refractivity contribution is 0.648. The Labute approximate surface area is 162 Å². The van der Waals surface area contributed by atoms with E-state index in [2.05, 4.69) is 99.7 Å². The minimum absolute atomic E-state index is 0.332. The summed E-state index contributed by atoms with van der Waals surface area (Å²) in [6, 6.07) is 24.1. The minimum Gasteiger partial charge on any atom is -0.333 e. The summed E-state index contributed by atoms with van der Waals surface area (Å²) in [7, 11) is 0. The summed E-state index contributed by atoms with van der Waals surface area (Å²) >= 11 is 0. The summed E-state index contributed by atoms with van der Waals surface area (Å²) in [4.78, 5) is 0. The summed E-state index contributed by atoms with van der Waals surface area (Å²) in [5.74, 6) is 0. The normalized spacial score (nSPS) is 16.5. The summed E-state index contributed by atoms with van der Waals surface area (Å²) in [5, 5.41) is 11.5. The van der Waals surface area contributed by atoms with Crippen LogP contribution in [0.1, 0.15) is 12.5 Å². The second kappa shape index (κ2) is 5.96. The lowest BCUT2D eigenvalue weighted by Crippen LogP contribution is -2.06. The molecule has 1 aliphatic carbocycles. The van der Waals surface area contributed by atoms with Gasteiger partial charge < -0.3 is 4.57 Å². The molecule has 0 aliphatic heterocycles. The van der Waals surface area contributed by atoms with E-state index in [0.29, 0.717) is 6.04 Å². The maximum atomic E-state index is 4.61. The van der Waals surface area contributed by atoms with Crippen LogP contribution in [0.5, 0.6) is 0 Å². The average molecular weight is 361 g/mol. The molecule has 1 aliphatic rings. The number of rotatable bonds is 2. The van der Waals surface area contributed by atoms with Gasteiger partial charge in [-0.05, 0) is 24.6 Å². The fourth-order valence-corrected chi connectivity index (χ4v) is 4.45. The molecule has 0 fully saturated rings. The largest absolute Gasteiger partial charge is 0.333 e. The standard InChI is InChI=1S/C25H19N3/c1-2-8-18(9-3-1)28-23-13-7-5-10-19(23)20-15-14-17(16-24(20)28)25-21-11-4-6-12-22(21)26-27-25/h1-8,10-16,18H,9H2,(H,26,27). The van der Waals surface area contributed by atoms with Gasteiger partial charge in [-0.3, -0.25) is 5.10 Å². The van der Waals surface area contributed by atoms with Gasteiger partial charge in [0.05, 0.1) is 22.8 Å². The number of fused-ring (bicyclic) bond motifs is 4. The van der Waals surface area contributed by atoms with E-state index in [4.69, 9.17) is 0 Å². The van der Waals surface area contributed by atoms with Crippen molar-refractivity contribution >= 4 is 32.7 Å². The number of hydrogen-bond donors (Lipinski definition) is 1. The molecule has 1 atom stereocenters. The van der Waals surface area contributed by atoms with Gasteiger partial charge in [0.1, 0.15) is 0 Å². The van der Waals surface area contributed by atoms with Crippen LogP contribution in [0.2, 0.25) is 0 Å². The predicted octanol–water partition coefficient (Wildman–Crippen LogP) is 6.40. The van der Waals surface area contributed by atoms with Gasteiger partial charge in [0.15, 0.2) is 0 Å². The quantitative estimate of drug-likeness (QED) is 0.388. The van der Waals surface area contributed by atoms with Crippen LogP contribution in [0.15, 0.2) is 91.0 Å². The minimum atomic E-state index is 0.332. The number of nitrogens with zero attached hydrogens (tertiary/aromatic N) is 2. The molecule has 2 aromatic heterocycles. The van der Waals surface area contributed by atoms with Gasteiger partial charge in [-0.25, -0.2) is 0 Å². The van der Waals surface area contributed by atoms with E-state index in [1.54, 1.807) is 0 Å². The molecule has 0 saturated heterocycles. The Morgan fingerprint density at radius 2 is 1.64 bits per heavy atom. The van der Waals surface area contributed by atoms with E-state index in [9.17, 15) is 0 Å². The fraction of sp³-hybridized carbons (Fsp3) is 0.0800. The average Bonchev–Trinajstić information content (AvgIpc) is 3.33. The molecule has 3 aromatic carbocycles. The summed E-state index contributed by atoms with van der Waals surface area (Å²) in [5.41, 5.74) is 5.76. The maximum absolute atomic E-state index is 4.61. The molecule has 1 N–H and O–H groups in total. The van der Waals surface area contributed by atoms with E-state index in [1.165, 1.54) is 21.8 Å². The van der Waals surface area contributed by atoms with Crippen LogP contribution >= 0.6 is 0 Å². The topological polar surface area (TPSA) is 33.6 Å². The van der Waals surface area contributed by atoms with E-state index in [0.717, 1.165) is 28.6 Å². The molecular formula is C25H19N3. The SMILES string of the molecule is C1=CCC(n2c3ccccc3c3ccc(-c4n[nH]c5ccccc45)cc32)C=C1. The third kappa shape index (κ3) is 2.20. The van der Waals surface area contributed by atoms with Crippen molar-refractivity contribution in [2.24, 2.45) is 0 Å². The number of aromatic amines is 1. The van der Waals surface area contributed by atoms with Gasteiger partial charge >= 0.3 is 0 Å². The lowest BCUT2D eigenvalue weighted by Gasteiger charge is -2.18. The van der Waals surface area contributed by atoms with Crippen LogP contribution in [0.25, 0.3) is 44.0 Å². The second-order valence-corrected chi connectivity index (χ2v) is 7.35. The van der Waals surface area contributed by atoms with E-state index < -0.39 is 0 Å². The Balaban J connectivity index is 1.65. The monoisotopic (exact) mass is 361 g/mol. The summed E-state index contributed by atoms with van der Waals surface area (Å²) in [6.45, 7) is 0. The Bertz CT molecular complexity index is 1400. The molecule has 5 aromatic rings. The van der Waals surface area contributed by atoms with E-state index in [1.807, 2.05) is 6.07 Å². The zero-order valence-corrected chi connectivity index (χ0v) is 15.3. The first kappa shape index (κ1) is 15.5. The van der Waals surface area contributed by atoms with Crippen molar-refractivity contribution in [2.45, 2.75) is 12.5 Å². The van der Waals surface area contributed by atoms with Crippen LogP contribution in [0.4, 0.5) is 0 Å². The molecule has 134 valence electrons. The fourth-order valence-electron chi connectivity index (χ4n) is 4.45. The third-order valence-electron chi connectivity index (χ3n) is 5.74. The van der Waals surface area contributed by atoms with Crippen LogP contribution in [-0.4, -0.2) is 14.8 Å². The molecule has 0 spiro atoms. The molecule has 3 nitrogen and oxygen atoms in total. The highest BCUT2D eigenvalue weighted by molar-refractivity contribution is 6.09. The van der Waals surface area contributed by atoms with Crippen molar-refractivity contribution in [3.63, 3.8) is 0 Å². The van der Waals surface area contributed by atoms with Crippen molar-refractivity contribution in [1.82, 2.24) is 14.8 Å². The van der Waals surface area contributed by atoms with Gasteiger partial charge in [-0.2, -0.15) is 5.10 Å². The van der Waals surface area contributed by atoms with E-state index >= 15 is 0 Å². The first-order chi connectivity index (χ1) is 13.9. The molecule has 0 saturated carbocycles.